The molecule has 3 N–H and O–H groups in total. The monoisotopic (exact) mass is 369 g/mol. The Balaban J connectivity index is 1.43. The molecule has 4 nitrogen and oxygen atoms in total. The molecule has 0 unspecified atom stereocenters. The number of benzene rings is 2. The molecule has 26 heavy (non-hydrogen) atoms. The maximum absolute atomic E-state index is 12.2. The lowest BCUT2D eigenvalue weighted by Gasteiger charge is -2.26. The van der Waals surface area contributed by atoms with Crippen molar-refractivity contribution in [1.29, 1.82) is 0 Å². The molecule has 0 saturated carbocycles. The van der Waals surface area contributed by atoms with Crippen LogP contribution in [0.3, 0.4) is 0 Å². The SMILES string of the molecule is Nc1ccccc1CCC(=O)Nc1ccc(CCN2CCSCC2)cc1. The Labute approximate surface area is 160 Å². The molecule has 1 heterocycles. The maximum atomic E-state index is 12.2. The van der Waals surface area contributed by atoms with Gasteiger partial charge in [-0.25, -0.2) is 0 Å². The summed E-state index contributed by atoms with van der Waals surface area (Å²) in [5, 5.41) is 2.97. The second-order valence-electron chi connectivity index (χ2n) is 6.65. The van der Waals surface area contributed by atoms with Crippen molar-refractivity contribution in [2.24, 2.45) is 0 Å². The van der Waals surface area contributed by atoms with Gasteiger partial charge in [-0.3, -0.25) is 4.79 Å². The normalized spacial score (nSPS) is 14.9. The van der Waals surface area contributed by atoms with E-state index in [1.54, 1.807) is 0 Å². The summed E-state index contributed by atoms with van der Waals surface area (Å²) in [5.41, 5.74) is 9.87. The van der Waals surface area contributed by atoms with Gasteiger partial charge in [0.2, 0.25) is 5.91 Å². The Hall–Kier alpha value is -1.98. The fraction of sp³-hybridized carbons (Fsp3) is 0.381. The van der Waals surface area contributed by atoms with Crippen LogP contribution in [0.25, 0.3) is 0 Å². The van der Waals surface area contributed by atoms with Gasteiger partial charge in [-0.15, -0.1) is 0 Å². The first-order chi connectivity index (χ1) is 12.7. The zero-order chi connectivity index (χ0) is 18.2. The Morgan fingerprint density at radius 3 is 2.50 bits per heavy atom. The van der Waals surface area contributed by atoms with E-state index in [0.29, 0.717) is 12.8 Å². The zero-order valence-electron chi connectivity index (χ0n) is 15.1. The van der Waals surface area contributed by atoms with Crippen LogP contribution < -0.4 is 11.1 Å². The standard InChI is InChI=1S/C21H27N3OS/c22-20-4-2-1-3-18(20)7-10-21(25)23-19-8-5-17(6-9-19)11-12-24-13-15-26-16-14-24/h1-6,8-9H,7,10-16,22H2,(H,23,25). The highest BCUT2D eigenvalue weighted by molar-refractivity contribution is 7.99. The summed E-state index contributed by atoms with van der Waals surface area (Å²) in [5.74, 6) is 2.52. The lowest BCUT2D eigenvalue weighted by atomic mass is 10.1. The van der Waals surface area contributed by atoms with Gasteiger partial charge < -0.3 is 16.0 Å². The van der Waals surface area contributed by atoms with Gasteiger partial charge in [0.15, 0.2) is 0 Å². The van der Waals surface area contributed by atoms with Gasteiger partial charge in [-0.2, -0.15) is 11.8 Å². The van der Waals surface area contributed by atoms with Crippen molar-refractivity contribution in [3.63, 3.8) is 0 Å². The molecule has 0 aliphatic carbocycles. The molecule has 0 spiro atoms. The summed E-state index contributed by atoms with van der Waals surface area (Å²) >= 11 is 2.04. The number of nitrogen functional groups attached to an aromatic ring is 1. The number of aryl methyl sites for hydroxylation is 1. The molecule has 0 atom stereocenters. The van der Waals surface area contributed by atoms with E-state index in [0.717, 1.165) is 29.9 Å². The number of thioether (sulfide) groups is 1. The van der Waals surface area contributed by atoms with Gasteiger partial charge in [-0.05, 0) is 42.2 Å². The number of anilines is 2. The number of carbonyl (C=O) groups excluding carboxylic acids is 1. The predicted molar refractivity (Wildman–Crippen MR) is 112 cm³/mol. The number of para-hydroxylation sites is 1. The van der Waals surface area contributed by atoms with E-state index < -0.39 is 0 Å². The number of nitrogens with zero attached hydrogens (tertiary/aromatic N) is 1. The Morgan fingerprint density at radius 2 is 1.77 bits per heavy atom. The number of amides is 1. The first-order valence-corrected chi connectivity index (χ1v) is 10.4. The molecule has 0 bridgehead atoms. The first kappa shape index (κ1) is 18.8. The summed E-state index contributed by atoms with van der Waals surface area (Å²) in [6.45, 7) is 3.51. The molecule has 1 aliphatic heterocycles. The highest BCUT2D eigenvalue weighted by Crippen LogP contribution is 2.15. The van der Waals surface area contributed by atoms with E-state index in [1.807, 2.05) is 48.2 Å². The third kappa shape index (κ3) is 5.78. The zero-order valence-corrected chi connectivity index (χ0v) is 15.9. The van der Waals surface area contributed by atoms with Crippen LogP contribution in [0.1, 0.15) is 17.5 Å². The van der Waals surface area contributed by atoms with Gasteiger partial charge in [-0.1, -0.05) is 30.3 Å². The number of rotatable bonds is 7. The molecule has 138 valence electrons. The van der Waals surface area contributed by atoms with E-state index >= 15 is 0 Å². The van der Waals surface area contributed by atoms with Crippen LogP contribution in [-0.4, -0.2) is 41.9 Å². The van der Waals surface area contributed by atoms with Crippen LogP contribution in [0.15, 0.2) is 48.5 Å². The van der Waals surface area contributed by atoms with Crippen LogP contribution in [0.5, 0.6) is 0 Å². The largest absolute Gasteiger partial charge is 0.399 e. The van der Waals surface area contributed by atoms with Crippen LogP contribution in [0.2, 0.25) is 0 Å². The predicted octanol–water partition coefficient (Wildman–Crippen LogP) is 3.43. The molecule has 3 rings (SSSR count). The van der Waals surface area contributed by atoms with Crippen LogP contribution in [0.4, 0.5) is 11.4 Å². The fourth-order valence-corrected chi connectivity index (χ4v) is 4.08. The van der Waals surface area contributed by atoms with Gasteiger partial charge in [0, 0.05) is 48.9 Å². The highest BCUT2D eigenvalue weighted by Gasteiger charge is 2.10. The average molecular weight is 370 g/mol. The molecule has 2 aromatic carbocycles. The maximum Gasteiger partial charge on any atom is 0.224 e. The summed E-state index contributed by atoms with van der Waals surface area (Å²) in [4.78, 5) is 14.7. The van der Waals surface area contributed by atoms with E-state index in [4.69, 9.17) is 5.73 Å². The quantitative estimate of drug-likeness (QED) is 0.734. The first-order valence-electron chi connectivity index (χ1n) is 9.23. The van der Waals surface area contributed by atoms with Gasteiger partial charge in [0.1, 0.15) is 0 Å². The van der Waals surface area contributed by atoms with Crippen LogP contribution in [-0.2, 0) is 17.6 Å². The minimum atomic E-state index is 0.0202. The minimum Gasteiger partial charge on any atom is -0.399 e. The van der Waals surface area contributed by atoms with Crippen molar-refractivity contribution in [2.45, 2.75) is 19.3 Å². The van der Waals surface area contributed by atoms with E-state index in [-0.39, 0.29) is 5.91 Å². The van der Waals surface area contributed by atoms with E-state index in [1.165, 1.54) is 30.2 Å². The number of carbonyl (C=O) groups is 1. The van der Waals surface area contributed by atoms with Crippen molar-refractivity contribution in [3.05, 3.63) is 59.7 Å². The smallest absolute Gasteiger partial charge is 0.224 e. The Bertz CT molecular complexity index is 711. The summed E-state index contributed by atoms with van der Waals surface area (Å²) in [6.07, 6.45) is 2.15. The van der Waals surface area contributed by atoms with Crippen molar-refractivity contribution >= 4 is 29.0 Å². The van der Waals surface area contributed by atoms with Crippen LogP contribution in [0, 0.1) is 0 Å². The lowest BCUT2D eigenvalue weighted by Crippen LogP contribution is -2.34. The highest BCUT2D eigenvalue weighted by atomic mass is 32.2. The number of nitrogens with one attached hydrogen (secondary N) is 1. The van der Waals surface area contributed by atoms with Crippen molar-refractivity contribution < 1.29 is 4.79 Å². The molecule has 5 heteroatoms. The molecule has 2 aromatic rings. The van der Waals surface area contributed by atoms with Gasteiger partial charge in [0.25, 0.3) is 0 Å². The molecular weight excluding hydrogens is 342 g/mol. The van der Waals surface area contributed by atoms with Crippen molar-refractivity contribution in [1.82, 2.24) is 4.90 Å². The Kier molecular flexibility index (Phi) is 6.97. The number of hydrogen-bond donors (Lipinski definition) is 2. The van der Waals surface area contributed by atoms with Crippen molar-refractivity contribution in [2.75, 3.05) is 42.2 Å². The molecule has 0 radical (unpaired) electrons. The van der Waals surface area contributed by atoms with Crippen molar-refractivity contribution in [3.8, 4) is 0 Å². The molecule has 1 fully saturated rings. The minimum absolute atomic E-state index is 0.0202. The lowest BCUT2D eigenvalue weighted by molar-refractivity contribution is -0.116. The molecule has 1 saturated heterocycles. The van der Waals surface area contributed by atoms with E-state index in [9.17, 15) is 4.79 Å². The average Bonchev–Trinajstić information content (AvgIpc) is 2.68. The Morgan fingerprint density at radius 1 is 1.04 bits per heavy atom. The number of hydrogen-bond acceptors (Lipinski definition) is 4. The fourth-order valence-electron chi connectivity index (χ4n) is 3.10. The van der Waals surface area contributed by atoms with Gasteiger partial charge in [0.05, 0.1) is 0 Å². The number of nitrogens with two attached hydrogens (primary N) is 1. The van der Waals surface area contributed by atoms with E-state index in [2.05, 4.69) is 22.3 Å². The second kappa shape index (κ2) is 9.64. The third-order valence-corrected chi connectivity index (χ3v) is 5.68. The third-order valence-electron chi connectivity index (χ3n) is 4.73. The molecular formula is C21H27N3OS. The molecule has 1 aliphatic rings. The molecule has 1 amide bonds. The van der Waals surface area contributed by atoms with Gasteiger partial charge >= 0.3 is 0 Å². The topological polar surface area (TPSA) is 58.4 Å². The van der Waals surface area contributed by atoms with Crippen LogP contribution >= 0.6 is 11.8 Å². The molecule has 0 aromatic heterocycles. The summed E-state index contributed by atoms with van der Waals surface area (Å²) in [6, 6.07) is 15.9. The summed E-state index contributed by atoms with van der Waals surface area (Å²) < 4.78 is 0. The summed E-state index contributed by atoms with van der Waals surface area (Å²) in [7, 11) is 0. The second-order valence-corrected chi connectivity index (χ2v) is 7.87.